The van der Waals surface area contributed by atoms with Crippen LogP contribution in [-0.2, 0) is 6.61 Å². The van der Waals surface area contributed by atoms with Crippen LogP contribution in [0.3, 0.4) is 0 Å². The number of anilines is 1. The van der Waals surface area contributed by atoms with Crippen LogP contribution in [-0.4, -0.2) is 11.0 Å². The van der Waals surface area contributed by atoms with Crippen LogP contribution < -0.4 is 5.32 Å². The molecule has 0 bridgehead atoms. The molecular weight excluding hydrogens is 313 g/mol. The molecule has 0 aliphatic carbocycles. The van der Waals surface area contributed by atoms with Crippen LogP contribution in [0.1, 0.15) is 15.9 Å². The van der Waals surface area contributed by atoms with Crippen LogP contribution >= 0.6 is 15.9 Å². The SMILES string of the molecule is O=C(Nc1ccc(CO)cc1)c1cc(Br)ccc1F. The minimum absolute atomic E-state index is 0.0272. The quantitative estimate of drug-likeness (QED) is 0.910. The number of carbonyl (C=O) groups excluding carboxylic acids is 1. The summed E-state index contributed by atoms with van der Waals surface area (Å²) in [6.45, 7) is -0.0610. The highest BCUT2D eigenvalue weighted by Crippen LogP contribution is 2.17. The van der Waals surface area contributed by atoms with E-state index >= 15 is 0 Å². The van der Waals surface area contributed by atoms with E-state index in [9.17, 15) is 9.18 Å². The smallest absolute Gasteiger partial charge is 0.258 e. The van der Waals surface area contributed by atoms with Gasteiger partial charge in [-0.2, -0.15) is 0 Å². The van der Waals surface area contributed by atoms with E-state index in [1.54, 1.807) is 24.3 Å². The van der Waals surface area contributed by atoms with Crippen LogP contribution in [0.2, 0.25) is 0 Å². The van der Waals surface area contributed by atoms with Crippen LogP contribution in [0.5, 0.6) is 0 Å². The second kappa shape index (κ2) is 5.95. The van der Waals surface area contributed by atoms with Crippen molar-refractivity contribution in [1.29, 1.82) is 0 Å². The molecule has 2 N–H and O–H groups in total. The summed E-state index contributed by atoms with van der Waals surface area (Å²) < 4.78 is 14.2. The Labute approximate surface area is 118 Å². The number of aliphatic hydroxyl groups is 1. The van der Waals surface area contributed by atoms with Gasteiger partial charge in [-0.05, 0) is 35.9 Å². The lowest BCUT2D eigenvalue weighted by molar-refractivity contribution is 0.102. The molecule has 2 aromatic rings. The Kier molecular flexibility index (Phi) is 4.29. The number of carbonyl (C=O) groups is 1. The summed E-state index contributed by atoms with van der Waals surface area (Å²) >= 11 is 3.19. The number of nitrogens with one attached hydrogen (secondary N) is 1. The van der Waals surface area contributed by atoms with Crippen molar-refractivity contribution in [3.8, 4) is 0 Å². The normalized spacial score (nSPS) is 10.3. The van der Waals surface area contributed by atoms with Crippen molar-refractivity contribution in [3.63, 3.8) is 0 Å². The molecule has 2 rings (SSSR count). The first-order valence-electron chi connectivity index (χ1n) is 5.56. The second-order valence-electron chi connectivity index (χ2n) is 3.93. The number of benzene rings is 2. The first kappa shape index (κ1) is 13.7. The molecule has 2 aromatic carbocycles. The van der Waals surface area contributed by atoms with Gasteiger partial charge in [-0.3, -0.25) is 4.79 Å². The van der Waals surface area contributed by atoms with E-state index in [0.29, 0.717) is 10.2 Å². The number of rotatable bonds is 3. The van der Waals surface area contributed by atoms with Gasteiger partial charge in [-0.25, -0.2) is 4.39 Å². The molecule has 0 saturated carbocycles. The molecule has 0 heterocycles. The van der Waals surface area contributed by atoms with Crippen LogP contribution in [0, 0.1) is 5.82 Å². The van der Waals surface area contributed by atoms with Crippen molar-refractivity contribution in [2.45, 2.75) is 6.61 Å². The van der Waals surface area contributed by atoms with E-state index < -0.39 is 11.7 Å². The summed E-state index contributed by atoms with van der Waals surface area (Å²) in [6.07, 6.45) is 0. The van der Waals surface area contributed by atoms with Crippen molar-refractivity contribution >= 4 is 27.5 Å². The highest BCUT2D eigenvalue weighted by molar-refractivity contribution is 9.10. The molecule has 0 aliphatic heterocycles. The number of hydrogen-bond donors (Lipinski definition) is 2. The second-order valence-corrected chi connectivity index (χ2v) is 4.85. The lowest BCUT2D eigenvalue weighted by Crippen LogP contribution is -2.13. The summed E-state index contributed by atoms with van der Waals surface area (Å²) in [5.74, 6) is -1.09. The molecule has 0 fully saturated rings. The van der Waals surface area contributed by atoms with Gasteiger partial charge in [-0.15, -0.1) is 0 Å². The zero-order chi connectivity index (χ0) is 13.8. The Bertz CT molecular complexity index is 599. The van der Waals surface area contributed by atoms with Gasteiger partial charge in [0.15, 0.2) is 0 Å². The fourth-order valence-electron chi connectivity index (χ4n) is 1.56. The number of hydrogen-bond acceptors (Lipinski definition) is 2. The van der Waals surface area contributed by atoms with Gasteiger partial charge in [0.05, 0.1) is 12.2 Å². The highest BCUT2D eigenvalue weighted by Gasteiger charge is 2.12. The predicted molar refractivity (Wildman–Crippen MR) is 74.4 cm³/mol. The first-order chi connectivity index (χ1) is 9.10. The fourth-order valence-corrected chi connectivity index (χ4v) is 1.92. The summed E-state index contributed by atoms with van der Waals surface area (Å²) in [6, 6.07) is 10.9. The largest absolute Gasteiger partial charge is 0.392 e. The predicted octanol–water partition coefficient (Wildman–Crippen LogP) is 3.33. The monoisotopic (exact) mass is 323 g/mol. The fraction of sp³-hybridized carbons (Fsp3) is 0.0714. The van der Waals surface area contributed by atoms with Crippen molar-refractivity contribution in [1.82, 2.24) is 0 Å². The third-order valence-corrected chi connectivity index (χ3v) is 3.06. The van der Waals surface area contributed by atoms with Crippen LogP contribution in [0.4, 0.5) is 10.1 Å². The molecule has 98 valence electrons. The van der Waals surface area contributed by atoms with Gasteiger partial charge in [0.2, 0.25) is 0 Å². The summed E-state index contributed by atoms with van der Waals surface area (Å²) in [5.41, 5.74) is 1.26. The van der Waals surface area contributed by atoms with Crippen molar-refractivity contribution in [2.24, 2.45) is 0 Å². The molecule has 0 radical (unpaired) electrons. The van der Waals surface area contributed by atoms with E-state index in [0.717, 1.165) is 5.56 Å². The molecule has 0 atom stereocenters. The van der Waals surface area contributed by atoms with Gasteiger partial charge in [0.25, 0.3) is 5.91 Å². The zero-order valence-corrected chi connectivity index (χ0v) is 11.4. The molecule has 0 saturated heterocycles. The van der Waals surface area contributed by atoms with Crippen LogP contribution in [0.15, 0.2) is 46.9 Å². The maximum Gasteiger partial charge on any atom is 0.258 e. The average Bonchev–Trinajstić information content (AvgIpc) is 2.42. The maximum atomic E-state index is 13.5. The van der Waals surface area contributed by atoms with E-state index in [-0.39, 0.29) is 12.2 Å². The van der Waals surface area contributed by atoms with Crippen molar-refractivity contribution in [2.75, 3.05) is 5.32 Å². The number of amides is 1. The summed E-state index contributed by atoms with van der Waals surface area (Å²) in [7, 11) is 0. The van der Waals surface area contributed by atoms with E-state index in [4.69, 9.17) is 5.11 Å². The Hall–Kier alpha value is -1.72. The molecular formula is C14H11BrFNO2. The summed E-state index contributed by atoms with van der Waals surface area (Å²) in [4.78, 5) is 11.9. The Morgan fingerprint density at radius 1 is 1.21 bits per heavy atom. The number of aliphatic hydroxyl groups excluding tert-OH is 1. The Morgan fingerprint density at radius 3 is 2.53 bits per heavy atom. The van der Waals surface area contributed by atoms with E-state index in [1.165, 1.54) is 18.2 Å². The van der Waals surface area contributed by atoms with Gasteiger partial charge < -0.3 is 10.4 Å². The maximum absolute atomic E-state index is 13.5. The average molecular weight is 324 g/mol. The Morgan fingerprint density at radius 2 is 1.89 bits per heavy atom. The molecule has 5 heteroatoms. The van der Waals surface area contributed by atoms with Crippen molar-refractivity contribution < 1.29 is 14.3 Å². The molecule has 0 aromatic heterocycles. The highest BCUT2D eigenvalue weighted by atomic mass is 79.9. The standard InChI is InChI=1S/C14H11BrFNO2/c15-10-3-6-13(16)12(7-10)14(19)17-11-4-1-9(8-18)2-5-11/h1-7,18H,8H2,(H,17,19). The van der Waals surface area contributed by atoms with Crippen LogP contribution in [0.25, 0.3) is 0 Å². The molecule has 0 unspecified atom stereocenters. The molecule has 19 heavy (non-hydrogen) atoms. The number of halogens is 2. The van der Waals surface area contributed by atoms with Crippen molar-refractivity contribution in [3.05, 3.63) is 63.9 Å². The first-order valence-corrected chi connectivity index (χ1v) is 6.35. The van der Waals surface area contributed by atoms with E-state index in [1.807, 2.05) is 0 Å². The lowest BCUT2D eigenvalue weighted by Gasteiger charge is -2.07. The molecule has 3 nitrogen and oxygen atoms in total. The zero-order valence-electron chi connectivity index (χ0n) is 9.86. The minimum Gasteiger partial charge on any atom is -0.392 e. The Balaban J connectivity index is 2.18. The topological polar surface area (TPSA) is 49.3 Å². The third-order valence-electron chi connectivity index (χ3n) is 2.57. The van der Waals surface area contributed by atoms with Gasteiger partial charge >= 0.3 is 0 Å². The molecule has 0 spiro atoms. The molecule has 0 aliphatic rings. The third kappa shape index (κ3) is 3.39. The van der Waals surface area contributed by atoms with Gasteiger partial charge in [0.1, 0.15) is 5.82 Å². The molecule has 1 amide bonds. The lowest BCUT2D eigenvalue weighted by atomic mass is 10.2. The minimum atomic E-state index is -0.576. The van der Waals surface area contributed by atoms with Gasteiger partial charge in [-0.1, -0.05) is 28.1 Å². The van der Waals surface area contributed by atoms with E-state index in [2.05, 4.69) is 21.2 Å². The summed E-state index contributed by atoms with van der Waals surface area (Å²) in [5, 5.41) is 11.5. The van der Waals surface area contributed by atoms with Gasteiger partial charge in [0, 0.05) is 10.2 Å².